The van der Waals surface area contributed by atoms with Crippen molar-refractivity contribution in [2.24, 2.45) is 11.1 Å². The maximum absolute atomic E-state index is 12.1. The summed E-state index contributed by atoms with van der Waals surface area (Å²) in [5, 5.41) is 3.94. The van der Waals surface area contributed by atoms with Crippen LogP contribution in [0.1, 0.15) is 39.5 Å². The molecule has 1 heterocycles. The Labute approximate surface area is 119 Å². The number of carbonyl (C=O) groups is 1. The van der Waals surface area contributed by atoms with Gasteiger partial charge < -0.3 is 15.5 Å². The Morgan fingerprint density at radius 3 is 2.55 bits per heavy atom. The highest BCUT2D eigenvalue weighted by Crippen LogP contribution is 2.24. The first-order valence-electron chi connectivity index (χ1n) is 6.83. The number of nitrogens with one attached hydrogen (secondary N) is 1. The molecule has 108 valence electrons. The van der Waals surface area contributed by atoms with E-state index in [0.717, 1.165) is 16.7 Å². The normalized spacial score (nSPS) is 15.1. The van der Waals surface area contributed by atoms with Crippen molar-refractivity contribution < 1.29 is 9.21 Å². The zero-order valence-electron chi connectivity index (χ0n) is 12.4. The van der Waals surface area contributed by atoms with E-state index in [1.165, 1.54) is 0 Å². The molecule has 3 N–H and O–H groups in total. The molecule has 0 saturated carbocycles. The van der Waals surface area contributed by atoms with Crippen LogP contribution in [0.2, 0.25) is 0 Å². The van der Waals surface area contributed by atoms with Gasteiger partial charge in [-0.15, -0.1) is 0 Å². The average molecular weight is 274 g/mol. The van der Waals surface area contributed by atoms with Gasteiger partial charge in [0.25, 0.3) is 0 Å². The fourth-order valence-corrected chi connectivity index (χ4v) is 1.98. The number of fused-ring (bicyclic) bond motifs is 1. The minimum atomic E-state index is -0.547. The lowest BCUT2D eigenvalue weighted by Crippen LogP contribution is -2.49. The third kappa shape index (κ3) is 3.02. The van der Waals surface area contributed by atoms with Gasteiger partial charge in [-0.1, -0.05) is 39.0 Å². The van der Waals surface area contributed by atoms with E-state index in [1.807, 2.05) is 58.0 Å². The number of amides is 1. The molecule has 0 fully saturated rings. The van der Waals surface area contributed by atoms with E-state index >= 15 is 0 Å². The van der Waals surface area contributed by atoms with Crippen LogP contribution in [0.4, 0.5) is 0 Å². The second-order valence-electron chi connectivity index (χ2n) is 6.26. The summed E-state index contributed by atoms with van der Waals surface area (Å²) in [5.74, 6) is 0.575. The molecular weight excluding hydrogens is 252 g/mol. The smallest absolute Gasteiger partial charge is 0.238 e. The zero-order valence-corrected chi connectivity index (χ0v) is 12.4. The molecule has 4 heteroatoms. The van der Waals surface area contributed by atoms with Crippen LogP contribution in [0.3, 0.4) is 0 Å². The summed E-state index contributed by atoms with van der Waals surface area (Å²) >= 11 is 0. The maximum Gasteiger partial charge on any atom is 0.238 e. The van der Waals surface area contributed by atoms with Crippen LogP contribution >= 0.6 is 0 Å². The molecule has 0 saturated heterocycles. The summed E-state index contributed by atoms with van der Waals surface area (Å²) in [6.45, 7) is 7.74. The molecule has 20 heavy (non-hydrogen) atoms. The molecule has 2 aromatic rings. The Morgan fingerprint density at radius 1 is 1.30 bits per heavy atom. The van der Waals surface area contributed by atoms with Crippen molar-refractivity contribution in [3.05, 3.63) is 36.1 Å². The molecule has 2 rings (SSSR count). The number of rotatable bonds is 3. The lowest BCUT2D eigenvalue weighted by atomic mass is 9.87. The zero-order chi connectivity index (χ0) is 14.9. The van der Waals surface area contributed by atoms with Gasteiger partial charge in [-0.05, 0) is 24.5 Å². The van der Waals surface area contributed by atoms with E-state index in [4.69, 9.17) is 10.2 Å². The van der Waals surface area contributed by atoms with Crippen molar-refractivity contribution >= 4 is 16.9 Å². The van der Waals surface area contributed by atoms with Crippen LogP contribution in [0.25, 0.3) is 11.0 Å². The first-order chi connectivity index (χ1) is 9.29. The summed E-state index contributed by atoms with van der Waals surface area (Å²) in [5.41, 5.74) is 6.51. The van der Waals surface area contributed by atoms with E-state index in [0.29, 0.717) is 0 Å². The maximum atomic E-state index is 12.1. The van der Waals surface area contributed by atoms with Crippen LogP contribution in [-0.4, -0.2) is 11.9 Å². The monoisotopic (exact) mass is 274 g/mol. The number of carbonyl (C=O) groups excluding carboxylic acids is 1. The first-order valence-corrected chi connectivity index (χ1v) is 6.83. The van der Waals surface area contributed by atoms with Crippen LogP contribution in [0, 0.1) is 5.41 Å². The SMILES string of the molecule is CC(NC(=O)C(N)C(C)(C)C)c1cc2ccccc2o1. The lowest BCUT2D eigenvalue weighted by Gasteiger charge is -2.27. The molecule has 0 radical (unpaired) electrons. The highest BCUT2D eigenvalue weighted by atomic mass is 16.3. The van der Waals surface area contributed by atoms with Gasteiger partial charge in [-0.2, -0.15) is 0 Å². The third-order valence-corrected chi connectivity index (χ3v) is 3.45. The second kappa shape index (κ2) is 5.29. The number of hydrogen-bond acceptors (Lipinski definition) is 3. The summed E-state index contributed by atoms with van der Waals surface area (Å²) in [7, 11) is 0. The van der Waals surface area contributed by atoms with Crippen molar-refractivity contribution in [3.63, 3.8) is 0 Å². The Hall–Kier alpha value is -1.81. The average Bonchev–Trinajstić information content (AvgIpc) is 2.80. The molecule has 0 aliphatic heterocycles. The fourth-order valence-electron chi connectivity index (χ4n) is 1.98. The van der Waals surface area contributed by atoms with Crippen LogP contribution < -0.4 is 11.1 Å². The minimum Gasteiger partial charge on any atom is -0.459 e. The highest BCUT2D eigenvalue weighted by Gasteiger charge is 2.28. The topological polar surface area (TPSA) is 68.3 Å². The molecule has 1 aromatic heterocycles. The number of hydrogen-bond donors (Lipinski definition) is 2. The predicted octanol–water partition coefficient (Wildman–Crippen LogP) is 2.98. The Morgan fingerprint density at radius 2 is 1.95 bits per heavy atom. The summed E-state index contributed by atoms with van der Waals surface area (Å²) < 4.78 is 5.74. The molecule has 4 nitrogen and oxygen atoms in total. The van der Waals surface area contributed by atoms with E-state index in [9.17, 15) is 4.79 Å². The van der Waals surface area contributed by atoms with Gasteiger partial charge in [0.15, 0.2) is 0 Å². The lowest BCUT2D eigenvalue weighted by molar-refractivity contribution is -0.125. The minimum absolute atomic E-state index is 0.162. The third-order valence-electron chi connectivity index (χ3n) is 3.45. The van der Waals surface area contributed by atoms with Gasteiger partial charge in [0, 0.05) is 5.39 Å². The molecule has 0 aliphatic rings. The van der Waals surface area contributed by atoms with Gasteiger partial charge in [-0.3, -0.25) is 4.79 Å². The van der Waals surface area contributed by atoms with E-state index in [2.05, 4.69) is 5.32 Å². The van der Waals surface area contributed by atoms with Gasteiger partial charge in [0.1, 0.15) is 11.3 Å². The molecule has 0 spiro atoms. The Kier molecular flexibility index (Phi) is 3.86. The van der Waals surface area contributed by atoms with Crippen molar-refractivity contribution in [3.8, 4) is 0 Å². The van der Waals surface area contributed by atoms with Gasteiger partial charge in [0.05, 0.1) is 12.1 Å². The van der Waals surface area contributed by atoms with Crippen molar-refractivity contribution in [1.82, 2.24) is 5.32 Å². The van der Waals surface area contributed by atoms with Gasteiger partial charge in [0.2, 0.25) is 5.91 Å². The standard InChI is InChI=1S/C16H22N2O2/c1-10(18-15(19)14(17)16(2,3)4)13-9-11-7-5-6-8-12(11)20-13/h5-10,14H,17H2,1-4H3,(H,18,19). The van der Waals surface area contributed by atoms with E-state index < -0.39 is 6.04 Å². The number of furan rings is 1. The molecule has 0 aliphatic carbocycles. The van der Waals surface area contributed by atoms with E-state index in [1.54, 1.807) is 0 Å². The van der Waals surface area contributed by atoms with Crippen molar-refractivity contribution in [2.45, 2.75) is 39.8 Å². The molecule has 2 atom stereocenters. The van der Waals surface area contributed by atoms with Crippen LogP contribution in [-0.2, 0) is 4.79 Å². The molecular formula is C16H22N2O2. The summed E-state index contributed by atoms with van der Waals surface area (Å²) in [4.78, 5) is 12.1. The van der Waals surface area contributed by atoms with Crippen LogP contribution in [0.5, 0.6) is 0 Å². The second-order valence-corrected chi connectivity index (χ2v) is 6.26. The van der Waals surface area contributed by atoms with Gasteiger partial charge in [-0.25, -0.2) is 0 Å². The van der Waals surface area contributed by atoms with Gasteiger partial charge >= 0.3 is 0 Å². The first kappa shape index (κ1) is 14.6. The van der Waals surface area contributed by atoms with Crippen molar-refractivity contribution in [2.75, 3.05) is 0 Å². The predicted molar refractivity (Wildman–Crippen MR) is 80.2 cm³/mol. The number of benzene rings is 1. The molecule has 0 bridgehead atoms. The quantitative estimate of drug-likeness (QED) is 0.904. The number of para-hydroxylation sites is 1. The highest BCUT2D eigenvalue weighted by molar-refractivity contribution is 5.83. The Bertz CT molecular complexity index is 577. The van der Waals surface area contributed by atoms with Crippen LogP contribution in [0.15, 0.2) is 34.7 Å². The molecule has 1 aromatic carbocycles. The molecule has 1 amide bonds. The van der Waals surface area contributed by atoms with Crippen molar-refractivity contribution in [1.29, 1.82) is 0 Å². The van der Waals surface area contributed by atoms with E-state index in [-0.39, 0.29) is 17.4 Å². The number of nitrogens with two attached hydrogens (primary N) is 1. The molecule has 2 unspecified atom stereocenters. The summed E-state index contributed by atoms with van der Waals surface area (Å²) in [6, 6.07) is 8.97. The fraction of sp³-hybridized carbons (Fsp3) is 0.438. The Balaban J connectivity index is 2.12. The summed E-state index contributed by atoms with van der Waals surface area (Å²) in [6.07, 6.45) is 0. The largest absolute Gasteiger partial charge is 0.459 e.